The third-order valence-electron chi connectivity index (χ3n) is 3.43. The van der Waals surface area contributed by atoms with Crippen LogP contribution in [0, 0.1) is 0 Å². The lowest BCUT2D eigenvalue weighted by Crippen LogP contribution is -1.81. The Labute approximate surface area is 146 Å². The lowest BCUT2D eigenvalue weighted by Gasteiger charge is -1.96. The number of H-pyrrole nitrogens is 1. The van der Waals surface area contributed by atoms with Gasteiger partial charge in [-0.2, -0.15) is 0 Å². The molecule has 0 unspecified atom stereocenters. The van der Waals surface area contributed by atoms with Crippen molar-refractivity contribution in [3.63, 3.8) is 0 Å². The molecule has 3 nitrogen and oxygen atoms in total. The zero-order valence-corrected chi connectivity index (χ0v) is 14.4. The number of thiophene rings is 1. The van der Waals surface area contributed by atoms with Crippen molar-refractivity contribution in [3.05, 3.63) is 65.2 Å². The van der Waals surface area contributed by atoms with Gasteiger partial charge in [-0.05, 0) is 11.6 Å². The minimum atomic E-state index is 0.728. The van der Waals surface area contributed by atoms with Gasteiger partial charge >= 0.3 is 0 Å². The van der Waals surface area contributed by atoms with Gasteiger partial charge in [0, 0.05) is 15.8 Å². The van der Waals surface area contributed by atoms with E-state index in [-0.39, 0.29) is 0 Å². The van der Waals surface area contributed by atoms with Crippen molar-refractivity contribution in [3.8, 4) is 10.7 Å². The van der Waals surface area contributed by atoms with E-state index in [1.54, 1.807) is 23.1 Å². The maximum atomic E-state index is 6.49. The van der Waals surface area contributed by atoms with E-state index in [1.807, 2.05) is 36.4 Å². The van der Waals surface area contributed by atoms with Crippen molar-refractivity contribution < 1.29 is 0 Å². The molecule has 114 valence electrons. The Bertz CT molecular complexity index is 947. The summed E-state index contributed by atoms with van der Waals surface area (Å²) in [6, 6.07) is 18.4. The van der Waals surface area contributed by atoms with E-state index >= 15 is 0 Å². The topological polar surface area (TPSA) is 41.6 Å². The van der Waals surface area contributed by atoms with Crippen molar-refractivity contribution in [2.24, 2.45) is 0 Å². The number of aromatic nitrogens is 3. The Kier molecular flexibility index (Phi) is 4.08. The first-order chi connectivity index (χ1) is 11.3. The van der Waals surface area contributed by atoms with E-state index in [0.29, 0.717) is 0 Å². The summed E-state index contributed by atoms with van der Waals surface area (Å²) in [6.07, 6.45) is 0. The quantitative estimate of drug-likeness (QED) is 0.481. The Morgan fingerprint density at radius 2 is 1.83 bits per heavy atom. The third-order valence-corrected chi connectivity index (χ3v) is 6.03. The van der Waals surface area contributed by atoms with Crippen LogP contribution >= 0.6 is 34.7 Å². The summed E-state index contributed by atoms with van der Waals surface area (Å²) < 4.78 is 1.15. The Morgan fingerprint density at radius 1 is 1.04 bits per heavy atom. The molecule has 1 N–H and O–H groups in total. The van der Waals surface area contributed by atoms with Crippen LogP contribution in [0.15, 0.2) is 59.8 Å². The molecule has 2 aromatic carbocycles. The van der Waals surface area contributed by atoms with Gasteiger partial charge < -0.3 is 0 Å². The Balaban J connectivity index is 1.58. The van der Waals surface area contributed by atoms with Gasteiger partial charge in [-0.1, -0.05) is 71.9 Å². The molecule has 0 spiro atoms. The van der Waals surface area contributed by atoms with Crippen LogP contribution in [0.4, 0.5) is 0 Å². The molecule has 0 aliphatic rings. The fraction of sp³-hybridized carbons (Fsp3) is 0.0588. The molecular formula is C17H12ClN3S2. The van der Waals surface area contributed by atoms with E-state index in [0.717, 1.165) is 36.7 Å². The third kappa shape index (κ3) is 3.00. The van der Waals surface area contributed by atoms with Gasteiger partial charge in [0.05, 0.1) is 9.90 Å². The van der Waals surface area contributed by atoms with Gasteiger partial charge in [0.15, 0.2) is 5.82 Å². The zero-order valence-electron chi connectivity index (χ0n) is 12.0. The molecule has 0 amide bonds. The number of hydrogen-bond donors (Lipinski definition) is 1. The minimum absolute atomic E-state index is 0.728. The van der Waals surface area contributed by atoms with Crippen LogP contribution in [-0.2, 0) is 5.75 Å². The van der Waals surface area contributed by atoms with Crippen molar-refractivity contribution in [2.75, 3.05) is 0 Å². The molecule has 6 heteroatoms. The van der Waals surface area contributed by atoms with Gasteiger partial charge in [0.2, 0.25) is 5.16 Å². The summed E-state index contributed by atoms with van der Waals surface area (Å²) in [5.41, 5.74) is 1.25. The average Bonchev–Trinajstić information content (AvgIpc) is 3.19. The lowest BCUT2D eigenvalue weighted by atomic mass is 10.2. The van der Waals surface area contributed by atoms with Crippen LogP contribution in [0.25, 0.3) is 20.8 Å². The summed E-state index contributed by atoms with van der Waals surface area (Å²) in [5, 5.41) is 9.83. The van der Waals surface area contributed by atoms with Crippen molar-refractivity contribution in [1.82, 2.24) is 15.2 Å². The second-order valence-electron chi connectivity index (χ2n) is 4.98. The van der Waals surface area contributed by atoms with Crippen LogP contribution in [0.2, 0.25) is 5.02 Å². The number of aromatic amines is 1. The van der Waals surface area contributed by atoms with E-state index in [9.17, 15) is 0 Å². The molecule has 0 bridgehead atoms. The summed E-state index contributed by atoms with van der Waals surface area (Å²) in [5.74, 6) is 1.57. The number of halogens is 1. The molecular weight excluding hydrogens is 346 g/mol. The normalized spacial score (nSPS) is 11.2. The van der Waals surface area contributed by atoms with Crippen LogP contribution < -0.4 is 0 Å². The van der Waals surface area contributed by atoms with E-state index in [4.69, 9.17) is 11.6 Å². The maximum absolute atomic E-state index is 6.49. The minimum Gasteiger partial charge on any atom is -0.257 e. The van der Waals surface area contributed by atoms with Gasteiger partial charge in [-0.3, -0.25) is 5.10 Å². The highest BCUT2D eigenvalue weighted by Crippen LogP contribution is 2.40. The van der Waals surface area contributed by atoms with Crippen molar-refractivity contribution in [2.45, 2.75) is 10.9 Å². The maximum Gasteiger partial charge on any atom is 0.209 e. The van der Waals surface area contributed by atoms with Crippen LogP contribution in [0.5, 0.6) is 0 Å². The van der Waals surface area contributed by atoms with Gasteiger partial charge in [-0.15, -0.1) is 16.4 Å². The number of thioether (sulfide) groups is 1. The molecule has 2 heterocycles. The zero-order chi connectivity index (χ0) is 15.6. The second kappa shape index (κ2) is 6.35. The van der Waals surface area contributed by atoms with Crippen molar-refractivity contribution in [1.29, 1.82) is 0 Å². The highest BCUT2D eigenvalue weighted by molar-refractivity contribution is 7.98. The number of nitrogens with zero attached hydrogens (tertiary/aromatic N) is 2. The molecule has 0 saturated heterocycles. The van der Waals surface area contributed by atoms with Gasteiger partial charge in [0.25, 0.3) is 0 Å². The van der Waals surface area contributed by atoms with Crippen LogP contribution in [-0.4, -0.2) is 15.2 Å². The number of hydrogen-bond acceptors (Lipinski definition) is 4. The Morgan fingerprint density at radius 3 is 2.65 bits per heavy atom. The fourth-order valence-corrected chi connectivity index (χ4v) is 4.52. The largest absolute Gasteiger partial charge is 0.257 e. The lowest BCUT2D eigenvalue weighted by molar-refractivity contribution is 0.973. The smallest absolute Gasteiger partial charge is 0.209 e. The number of nitrogens with one attached hydrogen (secondary N) is 1. The molecule has 0 radical (unpaired) electrons. The molecule has 2 aromatic heterocycles. The second-order valence-corrected chi connectivity index (χ2v) is 7.35. The SMILES string of the molecule is Clc1c(-c2nc(SCc3ccccc3)n[nH]2)sc2ccccc12. The number of rotatable bonds is 4. The summed E-state index contributed by atoms with van der Waals surface area (Å²) in [6.45, 7) is 0. The van der Waals surface area contributed by atoms with E-state index < -0.39 is 0 Å². The molecule has 0 atom stereocenters. The van der Waals surface area contributed by atoms with Crippen LogP contribution in [0.1, 0.15) is 5.56 Å². The molecule has 0 saturated carbocycles. The molecule has 23 heavy (non-hydrogen) atoms. The highest BCUT2D eigenvalue weighted by Gasteiger charge is 2.15. The van der Waals surface area contributed by atoms with Crippen molar-refractivity contribution >= 4 is 44.8 Å². The predicted molar refractivity (Wildman–Crippen MR) is 98.2 cm³/mol. The fourth-order valence-electron chi connectivity index (χ4n) is 2.30. The first-order valence-corrected chi connectivity index (χ1v) is 9.26. The number of benzene rings is 2. The first-order valence-electron chi connectivity index (χ1n) is 7.08. The molecule has 4 rings (SSSR count). The molecule has 4 aromatic rings. The molecule has 0 aliphatic carbocycles. The van der Waals surface area contributed by atoms with E-state index in [2.05, 4.69) is 33.4 Å². The van der Waals surface area contributed by atoms with Gasteiger partial charge in [-0.25, -0.2) is 4.98 Å². The first kappa shape index (κ1) is 14.8. The average molecular weight is 358 g/mol. The predicted octanol–water partition coefficient (Wildman–Crippen LogP) is 5.63. The molecule has 0 fully saturated rings. The standard InChI is InChI=1S/C17H12ClN3S2/c18-14-12-8-4-5-9-13(12)23-15(14)16-19-17(21-20-16)22-10-11-6-2-1-3-7-11/h1-9H,10H2,(H,19,20,21). The van der Waals surface area contributed by atoms with E-state index in [1.165, 1.54) is 5.56 Å². The highest BCUT2D eigenvalue weighted by atomic mass is 35.5. The summed E-state index contributed by atoms with van der Waals surface area (Å²) in [7, 11) is 0. The molecule has 0 aliphatic heterocycles. The van der Waals surface area contributed by atoms with Gasteiger partial charge in [0.1, 0.15) is 0 Å². The van der Waals surface area contributed by atoms with Crippen LogP contribution in [0.3, 0.4) is 0 Å². The number of fused-ring (bicyclic) bond motifs is 1. The Hall–Kier alpha value is -1.82. The summed E-state index contributed by atoms with van der Waals surface area (Å²) in [4.78, 5) is 5.51. The monoisotopic (exact) mass is 357 g/mol. The summed E-state index contributed by atoms with van der Waals surface area (Å²) >= 11 is 9.73.